The molecule has 0 aliphatic carbocycles. The average molecular weight is 325 g/mol. The van der Waals surface area contributed by atoms with Crippen LogP contribution >= 0.6 is 15.9 Å². The molecule has 0 heterocycles. The molecule has 0 bridgehead atoms. The van der Waals surface area contributed by atoms with Gasteiger partial charge in [0, 0.05) is 12.0 Å². The van der Waals surface area contributed by atoms with Gasteiger partial charge in [-0.15, -0.1) is 0 Å². The van der Waals surface area contributed by atoms with Crippen LogP contribution < -0.4 is 0 Å². The van der Waals surface area contributed by atoms with Gasteiger partial charge in [0.25, 0.3) is 0 Å². The highest BCUT2D eigenvalue weighted by atomic mass is 79.9. The molecule has 0 fully saturated rings. The van der Waals surface area contributed by atoms with Gasteiger partial charge in [-0.3, -0.25) is 4.79 Å². The zero-order valence-corrected chi connectivity index (χ0v) is 11.8. The Morgan fingerprint density at radius 3 is 2.58 bits per heavy atom. The fourth-order valence-corrected chi connectivity index (χ4v) is 2.15. The third-order valence-electron chi connectivity index (χ3n) is 2.90. The molecule has 0 aliphatic heterocycles. The molecule has 4 heteroatoms. The molecule has 19 heavy (non-hydrogen) atoms. The van der Waals surface area contributed by atoms with E-state index in [1.807, 2.05) is 6.92 Å². The fourth-order valence-electron chi connectivity index (χ4n) is 1.78. The van der Waals surface area contributed by atoms with Crippen molar-refractivity contribution >= 4 is 21.7 Å². The number of aryl methyl sites for hydroxylation is 1. The first-order valence-corrected chi connectivity index (χ1v) is 6.50. The molecule has 0 radical (unpaired) electrons. The Balaban J connectivity index is 2.25. The van der Waals surface area contributed by atoms with Crippen molar-refractivity contribution in [1.82, 2.24) is 0 Å². The Hall–Kier alpha value is -1.55. The van der Waals surface area contributed by atoms with Gasteiger partial charge >= 0.3 is 0 Å². The van der Waals surface area contributed by atoms with Crippen molar-refractivity contribution in [3.8, 4) is 0 Å². The summed E-state index contributed by atoms with van der Waals surface area (Å²) in [5.41, 5.74) is 1.90. The van der Waals surface area contributed by atoms with Crippen LogP contribution in [0.25, 0.3) is 0 Å². The zero-order valence-electron chi connectivity index (χ0n) is 10.2. The van der Waals surface area contributed by atoms with E-state index in [1.54, 1.807) is 6.07 Å². The van der Waals surface area contributed by atoms with Crippen molar-refractivity contribution in [2.24, 2.45) is 0 Å². The summed E-state index contributed by atoms with van der Waals surface area (Å²) >= 11 is 3.04. The van der Waals surface area contributed by atoms with Gasteiger partial charge in [0.1, 0.15) is 11.6 Å². The number of Topliss-reactive ketones (excluding diaryl/α,β-unsaturated/α-hetero) is 1. The molecule has 0 aromatic heterocycles. The number of carbonyl (C=O) groups is 1. The van der Waals surface area contributed by atoms with E-state index in [2.05, 4.69) is 15.9 Å². The lowest BCUT2D eigenvalue weighted by Gasteiger charge is -2.06. The maximum absolute atomic E-state index is 13.1. The third kappa shape index (κ3) is 3.26. The van der Waals surface area contributed by atoms with Gasteiger partial charge in [0.2, 0.25) is 0 Å². The van der Waals surface area contributed by atoms with Crippen LogP contribution in [0, 0.1) is 18.6 Å². The summed E-state index contributed by atoms with van der Waals surface area (Å²) < 4.78 is 26.5. The minimum Gasteiger partial charge on any atom is -0.294 e. The minimum absolute atomic E-state index is 0.0989. The van der Waals surface area contributed by atoms with Gasteiger partial charge in [-0.2, -0.15) is 0 Å². The molecular formula is C15H11BrF2O. The van der Waals surface area contributed by atoms with Gasteiger partial charge in [-0.25, -0.2) is 8.78 Å². The summed E-state index contributed by atoms with van der Waals surface area (Å²) in [7, 11) is 0. The largest absolute Gasteiger partial charge is 0.294 e. The summed E-state index contributed by atoms with van der Waals surface area (Å²) in [5.74, 6) is -0.957. The molecule has 0 spiro atoms. The monoisotopic (exact) mass is 324 g/mol. The lowest BCUT2D eigenvalue weighted by atomic mass is 9.99. The van der Waals surface area contributed by atoms with Crippen molar-refractivity contribution in [2.45, 2.75) is 13.3 Å². The van der Waals surface area contributed by atoms with E-state index in [9.17, 15) is 13.6 Å². The zero-order chi connectivity index (χ0) is 14.0. The van der Waals surface area contributed by atoms with Crippen LogP contribution in [0.5, 0.6) is 0 Å². The first-order chi connectivity index (χ1) is 8.97. The highest BCUT2D eigenvalue weighted by Gasteiger charge is 2.11. The highest BCUT2D eigenvalue weighted by Crippen LogP contribution is 2.19. The summed E-state index contributed by atoms with van der Waals surface area (Å²) in [6.07, 6.45) is 0.0989. The van der Waals surface area contributed by atoms with Crippen LogP contribution in [-0.2, 0) is 6.42 Å². The van der Waals surface area contributed by atoms with E-state index in [4.69, 9.17) is 0 Å². The van der Waals surface area contributed by atoms with Crippen LogP contribution in [-0.4, -0.2) is 5.78 Å². The maximum atomic E-state index is 13.1. The molecule has 0 unspecified atom stereocenters. The normalized spacial score (nSPS) is 10.5. The third-order valence-corrected chi connectivity index (χ3v) is 3.51. The Labute approximate surface area is 118 Å². The van der Waals surface area contributed by atoms with Crippen molar-refractivity contribution in [3.63, 3.8) is 0 Å². The van der Waals surface area contributed by atoms with Crippen LogP contribution in [0.2, 0.25) is 0 Å². The van der Waals surface area contributed by atoms with E-state index >= 15 is 0 Å². The molecule has 98 valence electrons. The van der Waals surface area contributed by atoms with Crippen molar-refractivity contribution < 1.29 is 13.6 Å². The molecular weight excluding hydrogens is 314 g/mol. The smallest absolute Gasteiger partial charge is 0.167 e. The molecule has 0 N–H and O–H groups in total. The van der Waals surface area contributed by atoms with E-state index in [1.165, 1.54) is 30.3 Å². The summed E-state index contributed by atoms with van der Waals surface area (Å²) in [6, 6.07) is 8.45. The van der Waals surface area contributed by atoms with Gasteiger partial charge in [0.05, 0.1) is 4.47 Å². The SMILES string of the molecule is Cc1ccc(F)cc1CC(=O)c1ccc(F)c(Br)c1. The number of carbonyl (C=O) groups excluding carboxylic acids is 1. The molecule has 1 nitrogen and oxygen atoms in total. The van der Waals surface area contributed by atoms with Gasteiger partial charge in [-0.1, -0.05) is 6.07 Å². The highest BCUT2D eigenvalue weighted by molar-refractivity contribution is 9.10. The Morgan fingerprint density at radius 2 is 1.89 bits per heavy atom. The van der Waals surface area contributed by atoms with Crippen LogP contribution in [0.15, 0.2) is 40.9 Å². The van der Waals surface area contributed by atoms with Gasteiger partial charge in [0.15, 0.2) is 5.78 Å². The predicted octanol–water partition coefficient (Wildman–Crippen LogP) is 4.46. The summed E-state index contributed by atoms with van der Waals surface area (Å²) in [5, 5.41) is 0. The lowest BCUT2D eigenvalue weighted by Crippen LogP contribution is -2.05. The number of rotatable bonds is 3. The van der Waals surface area contributed by atoms with Gasteiger partial charge in [-0.05, 0) is 64.3 Å². The number of halogens is 3. The molecule has 0 saturated heterocycles. The van der Waals surface area contributed by atoms with E-state index in [0.717, 1.165) is 5.56 Å². The fraction of sp³-hybridized carbons (Fsp3) is 0.133. The van der Waals surface area contributed by atoms with Crippen molar-refractivity contribution in [2.75, 3.05) is 0 Å². The van der Waals surface area contributed by atoms with Crippen LogP contribution in [0.3, 0.4) is 0 Å². The predicted molar refractivity (Wildman–Crippen MR) is 73.3 cm³/mol. The second-order valence-electron chi connectivity index (χ2n) is 4.30. The topological polar surface area (TPSA) is 17.1 Å². The molecule has 2 rings (SSSR count). The molecule has 0 aliphatic rings. The number of hydrogen-bond donors (Lipinski definition) is 0. The molecule has 2 aromatic rings. The standard InChI is InChI=1S/C15H11BrF2O/c1-9-2-4-12(17)6-11(9)8-15(19)10-3-5-14(18)13(16)7-10/h2-7H,8H2,1H3. The minimum atomic E-state index is -0.418. The molecule has 0 saturated carbocycles. The average Bonchev–Trinajstić information content (AvgIpc) is 2.37. The second-order valence-corrected chi connectivity index (χ2v) is 5.15. The number of benzene rings is 2. The van der Waals surface area contributed by atoms with Crippen LogP contribution in [0.4, 0.5) is 8.78 Å². The Bertz CT molecular complexity index is 638. The van der Waals surface area contributed by atoms with Crippen molar-refractivity contribution in [3.05, 3.63) is 69.2 Å². The maximum Gasteiger partial charge on any atom is 0.167 e. The van der Waals surface area contributed by atoms with E-state index < -0.39 is 5.82 Å². The van der Waals surface area contributed by atoms with E-state index in [-0.39, 0.29) is 22.5 Å². The first-order valence-electron chi connectivity index (χ1n) is 5.70. The number of ketones is 1. The number of hydrogen-bond acceptors (Lipinski definition) is 1. The quantitative estimate of drug-likeness (QED) is 0.762. The van der Waals surface area contributed by atoms with Gasteiger partial charge < -0.3 is 0 Å². The van der Waals surface area contributed by atoms with Crippen LogP contribution in [0.1, 0.15) is 21.5 Å². The Kier molecular flexibility index (Phi) is 4.10. The Morgan fingerprint density at radius 1 is 1.16 bits per heavy atom. The first kappa shape index (κ1) is 13.9. The summed E-state index contributed by atoms with van der Waals surface area (Å²) in [6.45, 7) is 1.82. The molecule has 2 aromatic carbocycles. The molecule has 0 amide bonds. The van der Waals surface area contributed by atoms with Crippen molar-refractivity contribution in [1.29, 1.82) is 0 Å². The second kappa shape index (κ2) is 5.61. The lowest BCUT2D eigenvalue weighted by molar-refractivity contribution is 0.0992. The van der Waals surface area contributed by atoms with E-state index in [0.29, 0.717) is 11.1 Å². The molecule has 0 atom stereocenters. The summed E-state index contributed by atoms with van der Waals surface area (Å²) in [4.78, 5) is 12.1.